The zero-order chi connectivity index (χ0) is 20.2. The zero-order valence-electron chi connectivity index (χ0n) is 15.8. The number of para-hydroxylation sites is 2. The van der Waals surface area contributed by atoms with Crippen molar-refractivity contribution in [3.8, 4) is 23.0 Å². The van der Waals surface area contributed by atoms with E-state index in [9.17, 15) is 4.79 Å². The first kappa shape index (κ1) is 19.1. The van der Waals surface area contributed by atoms with Gasteiger partial charge in [0.15, 0.2) is 17.3 Å². The van der Waals surface area contributed by atoms with E-state index in [1.54, 1.807) is 25.3 Å². The first-order valence-corrected chi connectivity index (χ1v) is 9.76. The van der Waals surface area contributed by atoms with Gasteiger partial charge in [0.05, 0.1) is 25.5 Å². The van der Waals surface area contributed by atoms with Gasteiger partial charge in [0.1, 0.15) is 18.1 Å². The molecule has 29 heavy (non-hydrogen) atoms. The molecule has 1 aliphatic heterocycles. The van der Waals surface area contributed by atoms with Crippen LogP contribution in [0, 0.1) is 0 Å². The van der Waals surface area contributed by atoms with Crippen LogP contribution >= 0.6 is 11.8 Å². The molecule has 1 atom stereocenters. The van der Waals surface area contributed by atoms with Crippen LogP contribution in [0.15, 0.2) is 52.1 Å². The monoisotopic (exact) mass is 414 g/mol. The Morgan fingerprint density at radius 3 is 2.76 bits per heavy atom. The summed E-state index contributed by atoms with van der Waals surface area (Å²) in [5.74, 6) is 2.66. The fourth-order valence-electron chi connectivity index (χ4n) is 2.78. The summed E-state index contributed by atoms with van der Waals surface area (Å²) in [4.78, 5) is 12.6. The van der Waals surface area contributed by atoms with Gasteiger partial charge in [-0.25, -0.2) is 0 Å². The second-order valence-corrected chi connectivity index (χ2v) is 6.98. The van der Waals surface area contributed by atoms with Gasteiger partial charge in [0.2, 0.25) is 6.10 Å². The van der Waals surface area contributed by atoms with Crippen LogP contribution in [-0.4, -0.2) is 42.6 Å². The van der Waals surface area contributed by atoms with Gasteiger partial charge in [-0.05, 0) is 24.3 Å². The van der Waals surface area contributed by atoms with Crippen molar-refractivity contribution < 1.29 is 28.2 Å². The van der Waals surface area contributed by atoms with Crippen molar-refractivity contribution in [2.45, 2.75) is 11.3 Å². The van der Waals surface area contributed by atoms with E-state index in [1.807, 2.05) is 24.3 Å². The molecule has 0 radical (unpaired) electrons. The molecule has 0 spiro atoms. The lowest BCUT2D eigenvalue weighted by Gasteiger charge is -2.23. The summed E-state index contributed by atoms with van der Waals surface area (Å²) in [7, 11) is 3.06. The molecule has 0 amide bonds. The number of carbonyl (C=O) groups excluding carboxylic acids is 1. The van der Waals surface area contributed by atoms with E-state index in [-0.39, 0.29) is 23.4 Å². The third-order valence-electron chi connectivity index (χ3n) is 4.24. The van der Waals surface area contributed by atoms with E-state index >= 15 is 0 Å². The van der Waals surface area contributed by atoms with E-state index in [4.69, 9.17) is 23.4 Å². The fourth-order valence-corrected chi connectivity index (χ4v) is 3.44. The van der Waals surface area contributed by atoms with Gasteiger partial charge in [-0.1, -0.05) is 23.9 Å². The third-order valence-corrected chi connectivity index (χ3v) is 5.06. The maximum absolute atomic E-state index is 12.6. The maximum Gasteiger partial charge on any atom is 0.277 e. The highest BCUT2D eigenvalue weighted by Crippen LogP contribution is 2.36. The molecule has 0 saturated carbocycles. The van der Waals surface area contributed by atoms with Crippen molar-refractivity contribution in [3.05, 3.63) is 53.9 Å². The van der Waals surface area contributed by atoms with E-state index < -0.39 is 6.10 Å². The van der Waals surface area contributed by atoms with Crippen molar-refractivity contribution >= 4 is 17.5 Å². The minimum Gasteiger partial charge on any atom is -0.497 e. The maximum atomic E-state index is 12.6. The molecule has 0 aliphatic carbocycles. The zero-order valence-corrected chi connectivity index (χ0v) is 16.6. The van der Waals surface area contributed by atoms with Crippen molar-refractivity contribution in [2.24, 2.45) is 0 Å². The lowest BCUT2D eigenvalue weighted by Crippen LogP contribution is -2.21. The summed E-state index contributed by atoms with van der Waals surface area (Å²) in [5.41, 5.74) is 0.459. The van der Waals surface area contributed by atoms with E-state index in [0.717, 1.165) is 11.8 Å². The average molecular weight is 414 g/mol. The van der Waals surface area contributed by atoms with Gasteiger partial charge in [-0.15, -0.1) is 10.2 Å². The Labute approximate surface area is 171 Å². The molecule has 2 aromatic carbocycles. The molecule has 0 N–H and O–H groups in total. The van der Waals surface area contributed by atoms with Crippen LogP contribution in [0.5, 0.6) is 23.0 Å². The van der Waals surface area contributed by atoms with Crippen LogP contribution < -0.4 is 18.9 Å². The summed E-state index contributed by atoms with van der Waals surface area (Å²) in [6.45, 7) is 0.269. The topological polar surface area (TPSA) is 92.9 Å². The quantitative estimate of drug-likeness (QED) is 0.425. The predicted octanol–water partition coefficient (Wildman–Crippen LogP) is 3.57. The molecule has 0 saturated heterocycles. The lowest BCUT2D eigenvalue weighted by atomic mass is 10.1. The van der Waals surface area contributed by atoms with Crippen LogP contribution in [0.4, 0.5) is 0 Å². The second kappa shape index (κ2) is 8.44. The van der Waals surface area contributed by atoms with Crippen molar-refractivity contribution in [1.29, 1.82) is 0 Å². The number of thioether (sulfide) groups is 1. The highest BCUT2D eigenvalue weighted by molar-refractivity contribution is 7.99. The number of hydrogen-bond donors (Lipinski definition) is 0. The average Bonchev–Trinajstić information content (AvgIpc) is 3.25. The van der Waals surface area contributed by atoms with Gasteiger partial charge < -0.3 is 23.4 Å². The number of fused-ring (bicyclic) bond motifs is 1. The number of carbonyl (C=O) groups is 1. The van der Waals surface area contributed by atoms with Crippen LogP contribution in [-0.2, 0) is 0 Å². The van der Waals surface area contributed by atoms with Crippen molar-refractivity contribution in [3.63, 3.8) is 0 Å². The Morgan fingerprint density at radius 1 is 1.14 bits per heavy atom. The van der Waals surface area contributed by atoms with Crippen LogP contribution in [0.3, 0.4) is 0 Å². The number of ether oxygens (including phenoxy) is 4. The molecule has 1 aliphatic rings. The molecule has 0 bridgehead atoms. The first-order valence-electron chi connectivity index (χ1n) is 8.78. The summed E-state index contributed by atoms with van der Waals surface area (Å²) < 4.78 is 27.6. The highest BCUT2D eigenvalue weighted by atomic mass is 32.2. The summed E-state index contributed by atoms with van der Waals surface area (Å²) in [6, 6.07) is 12.4. The van der Waals surface area contributed by atoms with E-state index in [1.165, 1.54) is 7.11 Å². The molecule has 0 fully saturated rings. The van der Waals surface area contributed by atoms with Crippen LogP contribution in [0.25, 0.3) is 0 Å². The summed E-state index contributed by atoms with van der Waals surface area (Å²) in [5, 5.41) is 8.30. The van der Waals surface area contributed by atoms with Crippen molar-refractivity contribution in [2.75, 3.05) is 26.6 Å². The van der Waals surface area contributed by atoms with Gasteiger partial charge in [0.25, 0.3) is 11.1 Å². The minimum atomic E-state index is -0.496. The Bertz CT molecular complexity index is 1020. The van der Waals surface area contributed by atoms with Crippen LogP contribution in [0.2, 0.25) is 0 Å². The van der Waals surface area contributed by atoms with E-state index in [2.05, 4.69) is 10.2 Å². The van der Waals surface area contributed by atoms with Gasteiger partial charge in [0, 0.05) is 6.07 Å². The molecule has 9 heteroatoms. The Balaban J connectivity index is 1.39. The number of ketones is 1. The SMILES string of the molecule is COc1ccc(C(=O)CSc2nnc(C3COc4ccccc4O3)o2)c(OC)c1. The standard InChI is InChI=1S/C20H18N2O6S/c1-24-12-7-8-13(17(9-12)25-2)14(23)11-29-20-22-21-19(28-20)18-10-26-15-5-3-4-6-16(15)27-18/h3-9,18H,10-11H2,1-2H3. The van der Waals surface area contributed by atoms with E-state index in [0.29, 0.717) is 34.5 Å². The Hall–Kier alpha value is -3.20. The lowest BCUT2D eigenvalue weighted by molar-refractivity contribution is 0.0686. The summed E-state index contributed by atoms with van der Waals surface area (Å²) >= 11 is 1.15. The molecule has 8 nitrogen and oxygen atoms in total. The third kappa shape index (κ3) is 4.14. The summed E-state index contributed by atoms with van der Waals surface area (Å²) in [6.07, 6.45) is -0.496. The minimum absolute atomic E-state index is 0.120. The number of methoxy groups -OCH3 is 2. The molecule has 1 unspecified atom stereocenters. The molecular weight excluding hydrogens is 396 g/mol. The molecule has 1 aromatic heterocycles. The number of nitrogens with zero attached hydrogens (tertiary/aromatic N) is 2. The number of rotatable bonds is 7. The highest BCUT2D eigenvalue weighted by Gasteiger charge is 2.27. The number of aromatic nitrogens is 2. The predicted molar refractivity (Wildman–Crippen MR) is 104 cm³/mol. The molecule has 4 rings (SSSR count). The fraction of sp³-hybridized carbons (Fsp3) is 0.250. The number of Topliss-reactive ketones (excluding diaryl/α,β-unsaturated/α-hetero) is 1. The second-order valence-electron chi connectivity index (χ2n) is 6.05. The largest absolute Gasteiger partial charge is 0.497 e. The number of hydrogen-bond acceptors (Lipinski definition) is 9. The molecule has 2 heterocycles. The molecule has 150 valence electrons. The van der Waals surface area contributed by atoms with Gasteiger partial charge >= 0.3 is 0 Å². The molecular formula is C20H18N2O6S. The number of benzene rings is 2. The van der Waals surface area contributed by atoms with Gasteiger partial charge in [-0.3, -0.25) is 4.79 Å². The Kier molecular flexibility index (Phi) is 5.57. The van der Waals surface area contributed by atoms with Gasteiger partial charge in [-0.2, -0.15) is 0 Å². The molecule has 3 aromatic rings. The Morgan fingerprint density at radius 2 is 1.97 bits per heavy atom. The van der Waals surface area contributed by atoms with Crippen LogP contribution in [0.1, 0.15) is 22.4 Å². The van der Waals surface area contributed by atoms with Crippen molar-refractivity contribution in [1.82, 2.24) is 10.2 Å². The first-order chi connectivity index (χ1) is 14.2. The normalized spacial score (nSPS) is 15.0. The smallest absolute Gasteiger partial charge is 0.277 e.